The Morgan fingerprint density at radius 3 is 2.16 bits per heavy atom. The summed E-state index contributed by atoms with van der Waals surface area (Å²) in [4.78, 5) is 17.6. The number of benzene rings is 3. The fraction of sp³-hybridized carbons (Fsp3) is 0.250. The molecule has 1 aromatic heterocycles. The molecule has 0 atom stereocenters. The number of carbonyl (C=O) groups excluding carboxylic acids is 1. The van der Waals surface area contributed by atoms with E-state index in [1.165, 1.54) is 0 Å². The van der Waals surface area contributed by atoms with Crippen LogP contribution in [0.3, 0.4) is 0 Å². The van der Waals surface area contributed by atoms with Crippen molar-refractivity contribution in [2.45, 2.75) is 42.9 Å². The maximum absolute atomic E-state index is 12.8. The van der Waals surface area contributed by atoms with Gasteiger partial charge in [0.25, 0.3) is 5.89 Å². The summed E-state index contributed by atoms with van der Waals surface area (Å²) in [6.45, 7) is 1.60. The molecule has 1 saturated carbocycles. The van der Waals surface area contributed by atoms with E-state index in [0.29, 0.717) is 27.3 Å². The van der Waals surface area contributed by atoms with Crippen molar-refractivity contribution < 1.29 is 17.7 Å². The highest BCUT2D eigenvalue weighted by Gasteiger charge is 2.52. The first-order valence-corrected chi connectivity index (χ1v) is 14.3. The molecular weight excluding hydrogens is 531 g/mol. The van der Waals surface area contributed by atoms with Gasteiger partial charge in [0, 0.05) is 34.0 Å². The smallest absolute Gasteiger partial charge is 0.257 e. The Morgan fingerprint density at radius 1 is 0.946 bits per heavy atom. The zero-order valence-electron chi connectivity index (χ0n) is 20.1. The Labute approximate surface area is 225 Å². The first-order valence-electron chi connectivity index (χ1n) is 11.9. The standard InChI is InChI=1S/C28H24Cl2N2O4S/c1-2-37(34,35)22-10-8-18(9-11-22)14-21(33)15-19-16-23(29)25(24(30)17-19)28(12-13-28)27-31-26(36-32-27)20-6-4-3-5-7-20/h3-11,16-17H,2,12-15H2,1H3. The molecule has 190 valence electrons. The topological polar surface area (TPSA) is 90.1 Å². The highest BCUT2D eigenvalue weighted by molar-refractivity contribution is 7.91. The molecule has 0 bridgehead atoms. The van der Waals surface area contributed by atoms with E-state index in [-0.39, 0.29) is 29.3 Å². The molecule has 0 N–H and O–H groups in total. The van der Waals surface area contributed by atoms with E-state index in [1.807, 2.05) is 30.3 Å². The van der Waals surface area contributed by atoms with Crippen LogP contribution in [0.5, 0.6) is 0 Å². The van der Waals surface area contributed by atoms with Crippen LogP contribution in [0.15, 0.2) is 76.1 Å². The first kappa shape index (κ1) is 25.6. The molecule has 1 aliphatic rings. The molecule has 1 aliphatic carbocycles. The number of hydrogen-bond acceptors (Lipinski definition) is 6. The lowest BCUT2D eigenvalue weighted by molar-refractivity contribution is -0.117. The number of hydrogen-bond donors (Lipinski definition) is 0. The van der Waals surface area contributed by atoms with Crippen molar-refractivity contribution in [3.8, 4) is 11.5 Å². The van der Waals surface area contributed by atoms with Crippen molar-refractivity contribution >= 4 is 38.8 Å². The molecule has 0 amide bonds. The van der Waals surface area contributed by atoms with Gasteiger partial charge in [-0.1, -0.05) is 65.6 Å². The summed E-state index contributed by atoms with van der Waals surface area (Å²) in [6.07, 6.45) is 1.92. The Kier molecular flexibility index (Phi) is 6.96. The maximum Gasteiger partial charge on any atom is 0.257 e. The first-order chi connectivity index (χ1) is 17.7. The Balaban J connectivity index is 1.32. The van der Waals surface area contributed by atoms with Crippen LogP contribution in [0, 0.1) is 0 Å². The number of halogens is 2. The van der Waals surface area contributed by atoms with Crippen LogP contribution >= 0.6 is 23.2 Å². The molecule has 1 fully saturated rings. The van der Waals surface area contributed by atoms with E-state index < -0.39 is 15.3 Å². The number of ketones is 1. The normalized spacial score (nSPS) is 14.5. The van der Waals surface area contributed by atoms with Gasteiger partial charge < -0.3 is 4.52 Å². The molecular formula is C28H24Cl2N2O4S. The molecule has 0 radical (unpaired) electrons. The Bertz CT molecular complexity index is 1540. The van der Waals surface area contributed by atoms with Gasteiger partial charge in [0.2, 0.25) is 0 Å². The quantitative estimate of drug-likeness (QED) is 0.242. The Morgan fingerprint density at radius 2 is 1.57 bits per heavy atom. The largest absolute Gasteiger partial charge is 0.334 e. The number of rotatable bonds is 9. The van der Waals surface area contributed by atoms with Gasteiger partial charge >= 0.3 is 0 Å². The summed E-state index contributed by atoms with van der Waals surface area (Å²) < 4.78 is 29.5. The maximum atomic E-state index is 12.8. The van der Waals surface area contributed by atoms with Crippen LogP contribution in [-0.4, -0.2) is 30.1 Å². The van der Waals surface area contributed by atoms with Gasteiger partial charge in [-0.05, 0) is 60.4 Å². The summed E-state index contributed by atoms with van der Waals surface area (Å²) in [5, 5.41) is 5.17. The highest BCUT2D eigenvalue weighted by Crippen LogP contribution is 2.56. The predicted octanol–water partition coefficient (Wildman–Crippen LogP) is 6.27. The fourth-order valence-electron chi connectivity index (χ4n) is 4.51. The van der Waals surface area contributed by atoms with Crippen LogP contribution in [0.4, 0.5) is 0 Å². The molecule has 4 aromatic rings. The van der Waals surface area contributed by atoms with Crippen molar-refractivity contribution in [1.82, 2.24) is 10.1 Å². The number of Topliss-reactive ketones (excluding diaryl/α,β-unsaturated/α-hetero) is 1. The second kappa shape index (κ2) is 10.0. The summed E-state index contributed by atoms with van der Waals surface area (Å²) >= 11 is 13.4. The third kappa shape index (κ3) is 5.21. The summed E-state index contributed by atoms with van der Waals surface area (Å²) in [6, 6.07) is 19.5. The fourth-order valence-corrected chi connectivity index (χ4v) is 6.29. The molecule has 6 nitrogen and oxygen atoms in total. The second-order valence-electron chi connectivity index (χ2n) is 9.25. The van der Waals surface area contributed by atoms with E-state index in [1.54, 1.807) is 43.3 Å². The van der Waals surface area contributed by atoms with Gasteiger partial charge in [-0.15, -0.1) is 0 Å². The summed E-state index contributed by atoms with van der Waals surface area (Å²) in [5.74, 6) is 0.993. The third-order valence-corrected chi connectivity index (χ3v) is 9.02. The van der Waals surface area contributed by atoms with Crippen molar-refractivity contribution in [2.24, 2.45) is 0 Å². The van der Waals surface area contributed by atoms with Crippen LogP contribution in [0.25, 0.3) is 11.5 Å². The van der Waals surface area contributed by atoms with Gasteiger partial charge in [-0.25, -0.2) is 8.42 Å². The lowest BCUT2D eigenvalue weighted by Gasteiger charge is -2.16. The van der Waals surface area contributed by atoms with Crippen LogP contribution < -0.4 is 0 Å². The highest BCUT2D eigenvalue weighted by atomic mass is 35.5. The molecule has 0 aliphatic heterocycles. The van der Waals surface area contributed by atoms with E-state index >= 15 is 0 Å². The van der Waals surface area contributed by atoms with E-state index in [9.17, 15) is 13.2 Å². The second-order valence-corrected chi connectivity index (χ2v) is 12.3. The van der Waals surface area contributed by atoms with Crippen molar-refractivity contribution in [3.63, 3.8) is 0 Å². The number of carbonyl (C=O) groups is 1. The SMILES string of the molecule is CCS(=O)(=O)c1ccc(CC(=O)Cc2cc(Cl)c(C3(c4noc(-c5ccccc5)n4)CC3)c(Cl)c2)cc1. The minimum Gasteiger partial charge on any atom is -0.334 e. The molecule has 0 unspecified atom stereocenters. The van der Waals surface area contributed by atoms with E-state index in [4.69, 9.17) is 27.7 Å². The van der Waals surface area contributed by atoms with Crippen molar-refractivity contribution in [1.29, 1.82) is 0 Å². The Hall–Kier alpha value is -3.00. The van der Waals surface area contributed by atoms with Gasteiger partial charge in [0.1, 0.15) is 5.78 Å². The predicted molar refractivity (Wildman–Crippen MR) is 143 cm³/mol. The zero-order valence-corrected chi connectivity index (χ0v) is 22.4. The number of sulfone groups is 1. The molecule has 9 heteroatoms. The molecule has 37 heavy (non-hydrogen) atoms. The van der Waals surface area contributed by atoms with Crippen LogP contribution in [0.2, 0.25) is 10.0 Å². The van der Waals surface area contributed by atoms with Gasteiger partial charge in [0.15, 0.2) is 15.7 Å². The van der Waals surface area contributed by atoms with Crippen LogP contribution in [-0.2, 0) is 32.9 Å². The lowest BCUT2D eigenvalue weighted by Crippen LogP contribution is -2.13. The molecule has 1 heterocycles. The summed E-state index contributed by atoms with van der Waals surface area (Å²) in [7, 11) is -3.27. The average molecular weight is 555 g/mol. The molecule has 5 rings (SSSR count). The molecule has 0 spiro atoms. The van der Waals surface area contributed by atoms with Crippen LogP contribution in [0.1, 0.15) is 42.3 Å². The minimum atomic E-state index is -3.27. The van der Waals surface area contributed by atoms with Crippen molar-refractivity contribution in [3.05, 3.63) is 99.3 Å². The van der Waals surface area contributed by atoms with Gasteiger partial charge in [-0.2, -0.15) is 4.98 Å². The molecule has 3 aromatic carbocycles. The van der Waals surface area contributed by atoms with Gasteiger partial charge in [-0.3, -0.25) is 4.79 Å². The third-order valence-electron chi connectivity index (χ3n) is 6.67. The zero-order chi connectivity index (χ0) is 26.2. The molecule has 0 saturated heterocycles. The van der Waals surface area contributed by atoms with E-state index in [0.717, 1.165) is 29.5 Å². The average Bonchev–Trinajstić information content (AvgIpc) is 3.50. The summed E-state index contributed by atoms with van der Waals surface area (Å²) in [5.41, 5.74) is 2.54. The van der Waals surface area contributed by atoms with Gasteiger partial charge in [0.05, 0.1) is 16.1 Å². The lowest BCUT2D eigenvalue weighted by atomic mass is 9.92. The number of nitrogens with zero attached hydrogens (tertiary/aromatic N) is 2. The minimum absolute atomic E-state index is 0.0298. The van der Waals surface area contributed by atoms with E-state index in [2.05, 4.69) is 10.1 Å². The monoisotopic (exact) mass is 554 g/mol. The number of aromatic nitrogens is 2. The van der Waals surface area contributed by atoms with Crippen molar-refractivity contribution in [2.75, 3.05) is 5.75 Å².